The first kappa shape index (κ1) is 13.9. The van der Waals surface area contributed by atoms with Crippen molar-refractivity contribution in [2.45, 2.75) is 33.3 Å². The third-order valence-corrected chi connectivity index (χ3v) is 3.43. The standard InChI is InChI=1S/C15H22N2O2/c1-4-17-12-9-11(7-8-16)5-6-13(12)19-14(10(2)3)15(17)18/h5-6,9-10,14H,4,7-8,16H2,1-3H3. The van der Waals surface area contributed by atoms with Gasteiger partial charge in [0.2, 0.25) is 0 Å². The van der Waals surface area contributed by atoms with Crippen LogP contribution in [-0.4, -0.2) is 25.1 Å². The lowest BCUT2D eigenvalue weighted by Crippen LogP contribution is -2.48. The quantitative estimate of drug-likeness (QED) is 0.902. The summed E-state index contributed by atoms with van der Waals surface area (Å²) in [6.07, 6.45) is 0.430. The average molecular weight is 262 g/mol. The van der Waals surface area contributed by atoms with E-state index >= 15 is 0 Å². The van der Waals surface area contributed by atoms with Gasteiger partial charge in [-0.05, 0) is 43.5 Å². The van der Waals surface area contributed by atoms with Gasteiger partial charge in [0.15, 0.2) is 6.10 Å². The van der Waals surface area contributed by atoms with E-state index in [0.717, 1.165) is 23.4 Å². The number of fused-ring (bicyclic) bond motifs is 1. The van der Waals surface area contributed by atoms with Crippen LogP contribution >= 0.6 is 0 Å². The Hall–Kier alpha value is -1.55. The van der Waals surface area contributed by atoms with Crippen LogP contribution in [0.3, 0.4) is 0 Å². The van der Waals surface area contributed by atoms with Crippen molar-refractivity contribution in [3.63, 3.8) is 0 Å². The predicted octanol–water partition coefficient (Wildman–Crippen LogP) is 1.96. The minimum atomic E-state index is -0.382. The zero-order valence-corrected chi connectivity index (χ0v) is 11.8. The molecule has 1 heterocycles. The maximum absolute atomic E-state index is 12.4. The summed E-state index contributed by atoms with van der Waals surface area (Å²) in [5.41, 5.74) is 7.59. The van der Waals surface area contributed by atoms with Gasteiger partial charge in [-0.3, -0.25) is 4.79 Å². The number of hydrogen-bond donors (Lipinski definition) is 1. The summed E-state index contributed by atoms with van der Waals surface area (Å²) in [6.45, 7) is 7.26. The van der Waals surface area contributed by atoms with Gasteiger partial charge in [0.05, 0.1) is 5.69 Å². The van der Waals surface area contributed by atoms with Gasteiger partial charge in [0, 0.05) is 6.54 Å². The average Bonchev–Trinajstić information content (AvgIpc) is 2.38. The lowest BCUT2D eigenvalue weighted by Gasteiger charge is -2.35. The summed E-state index contributed by atoms with van der Waals surface area (Å²) in [5.74, 6) is 1.01. The number of ether oxygens (including phenoxy) is 1. The van der Waals surface area contributed by atoms with Crippen LogP contribution in [0.25, 0.3) is 0 Å². The topological polar surface area (TPSA) is 55.6 Å². The van der Waals surface area contributed by atoms with Gasteiger partial charge in [-0.15, -0.1) is 0 Å². The molecule has 2 N–H and O–H groups in total. The number of nitrogens with two attached hydrogens (primary N) is 1. The van der Waals surface area contributed by atoms with E-state index < -0.39 is 0 Å². The molecule has 4 heteroatoms. The minimum Gasteiger partial charge on any atom is -0.478 e. The van der Waals surface area contributed by atoms with Crippen molar-refractivity contribution in [2.24, 2.45) is 11.7 Å². The van der Waals surface area contributed by atoms with Crippen molar-refractivity contribution in [1.29, 1.82) is 0 Å². The van der Waals surface area contributed by atoms with Crippen molar-refractivity contribution in [2.75, 3.05) is 18.0 Å². The molecule has 1 aliphatic heterocycles. The molecule has 1 aromatic carbocycles. The van der Waals surface area contributed by atoms with Gasteiger partial charge in [0.25, 0.3) is 5.91 Å². The fourth-order valence-corrected chi connectivity index (χ4v) is 2.40. The maximum atomic E-state index is 12.4. The number of hydrogen-bond acceptors (Lipinski definition) is 3. The third-order valence-electron chi connectivity index (χ3n) is 3.43. The van der Waals surface area contributed by atoms with E-state index in [1.54, 1.807) is 0 Å². The Bertz CT molecular complexity index is 471. The van der Waals surface area contributed by atoms with Gasteiger partial charge in [-0.2, -0.15) is 0 Å². The third kappa shape index (κ3) is 2.59. The predicted molar refractivity (Wildman–Crippen MR) is 76.5 cm³/mol. The molecule has 2 rings (SSSR count). The van der Waals surface area contributed by atoms with E-state index in [1.807, 2.05) is 43.9 Å². The second-order valence-electron chi connectivity index (χ2n) is 5.21. The molecule has 104 valence electrons. The van der Waals surface area contributed by atoms with Gasteiger partial charge in [-0.25, -0.2) is 0 Å². The molecule has 1 unspecified atom stereocenters. The van der Waals surface area contributed by atoms with Crippen molar-refractivity contribution >= 4 is 11.6 Å². The van der Waals surface area contributed by atoms with E-state index in [9.17, 15) is 4.79 Å². The zero-order chi connectivity index (χ0) is 14.0. The van der Waals surface area contributed by atoms with Crippen LogP contribution in [0.4, 0.5) is 5.69 Å². The second kappa shape index (κ2) is 5.61. The van der Waals surface area contributed by atoms with Crippen molar-refractivity contribution in [1.82, 2.24) is 0 Å². The molecule has 4 nitrogen and oxygen atoms in total. The van der Waals surface area contributed by atoms with Crippen molar-refractivity contribution in [3.8, 4) is 5.75 Å². The molecule has 0 aromatic heterocycles. The summed E-state index contributed by atoms with van der Waals surface area (Å²) in [4.78, 5) is 14.2. The van der Waals surface area contributed by atoms with Crippen LogP contribution in [-0.2, 0) is 11.2 Å². The van der Waals surface area contributed by atoms with Gasteiger partial charge in [-0.1, -0.05) is 19.9 Å². The van der Waals surface area contributed by atoms with E-state index in [0.29, 0.717) is 13.1 Å². The number of benzene rings is 1. The molecule has 0 spiro atoms. The fraction of sp³-hybridized carbons (Fsp3) is 0.533. The van der Waals surface area contributed by atoms with E-state index in [4.69, 9.17) is 10.5 Å². The molecular formula is C15H22N2O2. The number of carbonyl (C=O) groups is 1. The lowest BCUT2D eigenvalue weighted by atomic mass is 10.0. The highest BCUT2D eigenvalue weighted by atomic mass is 16.5. The molecule has 0 radical (unpaired) electrons. The molecule has 0 saturated carbocycles. The van der Waals surface area contributed by atoms with Crippen molar-refractivity contribution < 1.29 is 9.53 Å². The summed E-state index contributed by atoms with van der Waals surface area (Å²) < 4.78 is 5.85. The SMILES string of the molecule is CCN1C(=O)C(C(C)C)Oc2ccc(CCN)cc21. The van der Waals surface area contributed by atoms with Crippen LogP contribution in [0, 0.1) is 5.92 Å². The molecule has 1 aliphatic rings. The molecular weight excluding hydrogens is 240 g/mol. The highest BCUT2D eigenvalue weighted by Crippen LogP contribution is 2.36. The fourth-order valence-electron chi connectivity index (χ4n) is 2.40. The molecule has 1 aromatic rings. The molecule has 1 atom stereocenters. The molecule has 0 fully saturated rings. The Kier molecular flexibility index (Phi) is 4.10. The highest BCUT2D eigenvalue weighted by molar-refractivity contribution is 6.00. The maximum Gasteiger partial charge on any atom is 0.268 e. The number of amides is 1. The van der Waals surface area contributed by atoms with E-state index in [2.05, 4.69) is 0 Å². The smallest absolute Gasteiger partial charge is 0.268 e. The van der Waals surface area contributed by atoms with Crippen LogP contribution in [0.15, 0.2) is 18.2 Å². The largest absolute Gasteiger partial charge is 0.478 e. The van der Waals surface area contributed by atoms with E-state index in [1.165, 1.54) is 0 Å². The Balaban J connectivity index is 2.40. The van der Waals surface area contributed by atoms with E-state index in [-0.39, 0.29) is 17.9 Å². The number of likely N-dealkylation sites (N-methyl/N-ethyl adjacent to an activating group) is 1. The first-order chi connectivity index (χ1) is 9.08. The molecule has 19 heavy (non-hydrogen) atoms. The molecule has 0 saturated heterocycles. The van der Waals surface area contributed by atoms with Crippen molar-refractivity contribution in [3.05, 3.63) is 23.8 Å². The second-order valence-corrected chi connectivity index (χ2v) is 5.21. The first-order valence-corrected chi connectivity index (χ1v) is 6.89. The molecule has 1 amide bonds. The van der Waals surface area contributed by atoms with Crippen LogP contribution in [0.2, 0.25) is 0 Å². The van der Waals surface area contributed by atoms with Crippen LogP contribution in [0.5, 0.6) is 5.75 Å². The number of anilines is 1. The Morgan fingerprint density at radius 2 is 2.16 bits per heavy atom. The Labute approximate surface area is 114 Å². The minimum absolute atomic E-state index is 0.0508. The zero-order valence-electron chi connectivity index (χ0n) is 11.8. The van der Waals surface area contributed by atoms with Crippen LogP contribution in [0.1, 0.15) is 26.3 Å². The first-order valence-electron chi connectivity index (χ1n) is 6.89. The summed E-state index contributed by atoms with van der Waals surface area (Å²) >= 11 is 0. The van der Waals surface area contributed by atoms with Gasteiger partial charge in [0.1, 0.15) is 5.75 Å². The summed E-state index contributed by atoms with van der Waals surface area (Å²) in [7, 11) is 0. The lowest BCUT2D eigenvalue weighted by molar-refractivity contribution is -0.128. The molecule has 0 aliphatic carbocycles. The molecule has 0 bridgehead atoms. The Morgan fingerprint density at radius 3 is 2.74 bits per heavy atom. The van der Waals surface area contributed by atoms with Crippen LogP contribution < -0.4 is 15.4 Å². The van der Waals surface area contributed by atoms with Gasteiger partial charge >= 0.3 is 0 Å². The number of nitrogens with zero attached hydrogens (tertiary/aromatic N) is 1. The monoisotopic (exact) mass is 262 g/mol. The normalized spacial score (nSPS) is 18.5. The summed E-state index contributed by atoms with van der Waals surface area (Å²) in [5, 5.41) is 0. The highest BCUT2D eigenvalue weighted by Gasteiger charge is 2.35. The number of rotatable bonds is 4. The van der Waals surface area contributed by atoms with Gasteiger partial charge < -0.3 is 15.4 Å². The number of carbonyl (C=O) groups excluding carboxylic acids is 1. The Morgan fingerprint density at radius 1 is 1.42 bits per heavy atom. The summed E-state index contributed by atoms with van der Waals surface area (Å²) in [6, 6.07) is 5.98.